The molecular formula is C10H11ClFNO2. The lowest BCUT2D eigenvalue weighted by atomic mass is 10.2. The number of benzene rings is 1. The van der Waals surface area contributed by atoms with E-state index in [0.717, 1.165) is 0 Å². The predicted octanol–water partition coefficient (Wildman–Crippen LogP) is 1.19. The molecule has 3 nitrogen and oxygen atoms in total. The second kappa shape index (κ2) is 4.35. The zero-order valence-electron chi connectivity index (χ0n) is 7.91. The lowest BCUT2D eigenvalue weighted by Crippen LogP contribution is -2.29. The minimum absolute atomic E-state index is 0.217. The molecule has 0 spiro atoms. The van der Waals surface area contributed by atoms with E-state index >= 15 is 0 Å². The summed E-state index contributed by atoms with van der Waals surface area (Å²) in [5.41, 5.74) is 0. The highest BCUT2D eigenvalue weighted by Gasteiger charge is 2.27. The molecule has 0 saturated carbocycles. The molecule has 82 valence electrons. The molecule has 1 fully saturated rings. The Hall–Kier alpha value is -0.840. The van der Waals surface area contributed by atoms with Crippen LogP contribution in [0.4, 0.5) is 4.39 Å². The highest BCUT2D eigenvalue weighted by molar-refractivity contribution is 6.32. The summed E-state index contributed by atoms with van der Waals surface area (Å²) in [5.74, 6) is -0.0109. The van der Waals surface area contributed by atoms with E-state index < -0.39 is 11.9 Å². The van der Waals surface area contributed by atoms with Crippen LogP contribution in [-0.4, -0.2) is 30.4 Å². The Bertz CT molecular complexity index is 361. The molecule has 2 N–H and O–H groups in total. The second-order valence-corrected chi connectivity index (χ2v) is 3.86. The number of aliphatic hydroxyl groups excluding tert-OH is 1. The van der Waals surface area contributed by atoms with Gasteiger partial charge in [0.15, 0.2) is 0 Å². The van der Waals surface area contributed by atoms with Gasteiger partial charge in [0, 0.05) is 13.1 Å². The normalized spacial score (nSPS) is 25.5. The highest BCUT2D eigenvalue weighted by Crippen LogP contribution is 2.26. The van der Waals surface area contributed by atoms with Gasteiger partial charge < -0.3 is 15.2 Å². The van der Waals surface area contributed by atoms with Crippen LogP contribution in [0.15, 0.2) is 18.2 Å². The Morgan fingerprint density at radius 2 is 2.27 bits per heavy atom. The molecule has 2 atom stereocenters. The van der Waals surface area contributed by atoms with Gasteiger partial charge in [-0.1, -0.05) is 11.6 Å². The highest BCUT2D eigenvalue weighted by atomic mass is 35.5. The maximum atomic E-state index is 12.7. The van der Waals surface area contributed by atoms with Crippen molar-refractivity contribution < 1.29 is 14.2 Å². The lowest BCUT2D eigenvalue weighted by molar-refractivity contribution is 0.0738. The van der Waals surface area contributed by atoms with E-state index in [-0.39, 0.29) is 11.1 Å². The number of ether oxygens (including phenoxy) is 1. The van der Waals surface area contributed by atoms with Crippen LogP contribution in [0.5, 0.6) is 5.75 Å². The molecule has 1 aliphatic heterocycles. The summed E-state index contributed by atoms with van der Waals surface area (Å²) in [7, 11) is 0. The second-order valence-electron chi connectivity index (χ2n) is 3.46. The Morgan fingerprint density at radius 1 is 1.47 bits per heavy atom. The summed E-state index contributed by atoms with van der Waals surface area (Å²) < 4.78 is 18.2. The van der Waals surface area contributed by atoms with Gasteiger partial charge in [0.2, 0.25) is 0 Å². The van der Waals surface area contributed by atoms with Crippen molar-refractivity contribution in [3.63, 3.8) is 0 Å². The average Bonchev–Trinajstić information content (AvgIpc) is 2.57. The van der Waals surface area contributed by atoms with Crippen molar-refractivity contribution in [3.05, 3.63) is 29.0 Å². The topological polar surface area (TPSA) is 41.5 Å². The zero-order chi connectivity index (χ0) is 10.8. The fraction of sp³-hybridized carbons (Fsp3) is 0.400. The molecule has 0 aromatic heterocycles. The largest absolute Gasteiger partial charge is 0.485 e. The number of halogens is 2. The van der Waals surface area contributed by atoms with Crippen molar-refractivity contribution in [3.8, 4) is 5.75 Å². The van der Waals surface area contributed by atoms with E-state index in [2.05, 4.69) is 5.32 Å². The number of hydrogen-bond acceptors (Lipinski definition) is 3. The van der Waals surface area contributed by atoms with Crippen molar-refractivity contribution in [1.29, 1.82) is 0 Å². The van der Waals surface area contributed by atoms with Gasteiger partial charge in [0.05, 0.1) is 5.02 Å². The van der Waals surface area contributed by atoms with Gasteiger partial charge in [-0.25, -0.2) is 4.39 Å². The van der Waals surface area contributed by atoms with Gasteiger partial charge in [0.1, 0.15) is 23.8 Å². The summed E-state index contributed by atoms with van der Waals surface area (Å²) in [6.07, 6.45) is -0.876. The van der Waals surface area contributed by atoms with Crippen LogP contribution in [-0.2, 0) is 0 Å². The number of hydrogen-bond donors (Lipinski definition) is 2. The maximum Gasteiger partial charge on any atom is 0.138 e. The monoisotopic (exact) mass is 231 g/mol. The molecule has 2 unspecified atom stereocenters. The molecule has 0 amide bonds. The Kier molecular flexibility index (Phi) is 3.09. The van der Waals surface area contributed by atoms with Crippen LogP contribution in [0.1, 0.15) is 0 Å². The van der Waals surface area contributed by atoms with Gasteiger partial charge in [-0.15, -0.1) is 0 Å². The standard InChI is InChI=1S/C10H11ClFNO2/c11-7-3-6(12)1-2-9(7)15-10-5-13-4-8(10)14/h1-3,8,10,13-14H,4-5H2. The molecule has 1 heterocycles. The SMILES string of the molecule is OC1CNCC1Oc1ccc(F)cc1Cl. The van der Waals surface area contributed by atoms with Gasteiger partial charge in [0.25, 0.3) is 0 Å². The van der Waals surface area contributed by atoms with Crippen molar-refractivity contribution in [2.75, 3.05) is 13.1 Å². The van der Waals surface area contributed by atoms with Gasteiger partial charge in [-0.3, -0.25) is 0 Å². The summed E-state index contributed by atoms with van der Waals surface area (Å²) in [4.78, 5) is 0. The summed E-state index contributed by atoms with van der Waals surface area (Å²) in [6, 6.07) is 3.92. The molecule has 5 heteroatoms. The minimum atomic E-state index is -0.550. The first-order valence-electron chi connectivity index (χ1n) is 4.67. The van der Waals surface area contributed by atoms with Crippen LogP contribution >= 0.6 is 11.6 Å². The first kappa shape index (κ1) is 10.7. The number of nitrogens with one attached hydrogen (secondary N) is 1. The molecule has 0 radical (unpaired) electrons. The molecule has 15 heavy (non-hydrogen) atoms. The maximum absolute atomic E-state index is 12.7. The summed E-state index contributed by atoms with van der Waals surface area (Å²) in [6.45, 7) is 1.07. The van der Waals surface area contributed by atoms with E-state index in [1.807, 2.05) is 0 Å². The average molecular weight is 232 g/mol. The van der Waals surface area contributed by atoms with E-state index in [0.29, 0.717) is 18.8 Å². The minimum Gasteiger partial charge on any atom is -0.485 e. The van der Waals surface area contributed by atoms with Crippen molar-refractivity contribution in [2.45, 2.75) is 12.2 Å². The molecule has 2 rings (SSSR count). The smallest absolute Gasteiger partial charge is 0.138 e. The molecular weight excluding hydrogens is 221 g/mol. The zero-order valence-corrected chi connectivity index (χ0v) is 8.67. The quantitative estimate of drug-likeness (QED) is 0.804. The fourth-order valence-electron chi connectivity index (χ4n) is 1.50. The number of aliphatic hydroxyl groups is 1. The number of β-amino-alcohol motifs (C(OH)–C–C–N with tert-alkyl or cyclic N) is 1. The summed E-state index contributed by atoms with van der Waals surface area (Å²) in [5, 5.41) is 12.7. The molecule has 0 bridgehead atoms. The Labute approximate surface area is 91.8 Å². The van der Waals surface area contributed by atoms with Crippen molar-refractivity contribution in [1.82, 2.24) is 5.32 Å². The third kappa shape index (κ3) is 2.40. The lowest BCUT2D eigenvalue weighted by Gasteiger charge is -2.16. The van der Waals surface area contributed by atoms with E-state index in [1.165, 1.54) is 18.2 Å². The van der Waals surface area contributed by atoms with Crippen molar-refractivity contribution in [2.24, 2.45) is 0 Å². The van der Waals surface area contributed by atoms with Crippen LogP contribution < -0.4 is 10.1 Å². The molecule has 1 saturated heterocycles. The fourth-order valence-corrected chi connectivity index (χ4v) is 1.71. The van der Waals surface area contributed by atoms with Crippen LogP contribution in [0.25, 0.3) is 0 Å². The Morgan fingerprint density at radius 3 is 2.87 bits per heavy atom. The van der Waals surface area contributed by atoms with E-state index in [9.17, 15) is 9.50 Å². The van der Waals surface area contributed by atoms with Gasteiger partial charge >= 0.3 is 0 Å². The molecule has 1 aromatic rings. The molecule has 1 aromatic carbocycles. The van der Waals surface area contributed by atoms with Gasteiger partial charge in [-0.2, -0.15) is 0 Å². The molecule has 0 aliphatic carbocycles. The summed E-state index contributed by atoms with van der Waals surface area (Å²) >= 11 is 5.79. The third-order valence-electron chi connectivity index (χ3n) is 2.30. The first-order chi connectivity index (χ1) is 7.16. The molecule has 1 aliphatic rings. The van der Waals surface area contributed by atoms with Crippen LogP contribution in [0.2, 0.25) is 5.02 Å². The predicted molar refractivity (Wildman–Crippen MR) is 54.7 cm³/mol. The van der Waals surface area contributed by atoms with Gasteiger partial charge in [-0.05, 0) is 18.2 Å². The van der Waals surface area contributed by atoms with E-state index in [1.54, 1.807) is 0 Å². The first-order valence-corrected chi connectivity index (χ1v) is 5.05. The number of rotatable bonds is 2. The van der Waals surface area contributed by atoms with Crippen LogP contribution in [0, 0.1) is 5.82 Å². The third-order valence-corrected chi connectivity index (χ3v) is 2.60. The van der Waals surface area contributed by atoms with E-state index in [4.69, 9.17) is 16.3 Å². The Balaban J connectivity index is 2.10. The van der Waals surface area contributed by atoms with Crippen LogP contribution in [0.3, 0.4) is 0 Å². The van der Waals surface area contributed by atoms with Crippen molar-refractivity contribution >= 4 is 11.6 Å².